The molecule has 5 rings (SSSR count). The van der Waals surface area contributed by atoms with Crippen molar-refractivity contribution < 1.29 is 21.6 Å². The normalized spacial score (nSPS) is 11.7. The number of nitrogens with zero attached hydrogens (tertiary/aromatic N) is 2. The summed E-state index contributed by atoms with van der Waals surface area (Å²) >= 11 is 0. The van der Waals surface area contributed by atoms with Crippen LogP contribution < -0.4 is 9.03 Å². The molecular weight excluding hydrogens is 534 g/mol. The molecule has 8 nitrogen and oxygen atoms in total. The molecule has 4 aromatic carbocycles. The zero-order chi connectivity index (χ0) is 27.5. The van der Waals surface area contributed by atoms with E-state index in [1.54, 1.807) is 24.3 Å². The van der Waals surface area contributed by atoms with Crippen molar-refractivity contribution in [2.75, 3.05) is 9.03 Å². The minimum atomic E-state index is -4.60. The summed E-state index contributed by atoms with van der Waals surface area (Å²) in [5.41, 5.74) is 1.27. The molecule has 0 fully saturated rings. The number of nitrogens with one attached hydrogen (secondary N) is 1. The Morgan fingerprint density at radius 2 is 1.21 bits per heavy atom. The lowest BCUT2D eigenvalue weighted by molar-refractivity contribution is -0.115. The van der Waals surface area contributed by atoms with E-state index in [9.17, 15) is 21.6 Å². The Bertz CT molecular complexity index is 1780. The summed E-state index contributed by atoms with van der Waals surface area (Å²) in [4.78, 5) is 16.8. The Morgan fingerprint density at radius 3 is 1.77 bits per heavy atom. The van der Waals surface area contributed by atoms with E-state index >= 15 is 0 Å². The van der Waals surface area contributed by atoms with Gasteiger partial charge in [-0.05, 0) is 54.1 Å². The zero-order valence-corrected chi connectivity index (χ0v) is 22.1. The van der Waals surface area contributed by atoms with E-state index < -0.39 is 20.0 Å². The molecule has 0 saturated heterocycles. The lowest BCUT2D eigenvalue weighted by atomic mass is 10.1. The smallest absolute Gasteiger partial charge is 0.277 e. The third-order valence-electron chi connectivity index (χ3n) is 5.94. The summed E-state index contributed by atoms with van der Waals surface area (Å²) in [5, 5.41) is 3.05. The maximum Gasteiger partial charge on any atom is 0.277 e. The number of aromatic nitrogens is 1. The van der Waals surface area contributed by atoms with Crippen LogP contribution in [-0.4, -0.2) is 27.7 Å². The predicted octanol–water partition coefficient (Wildman–Crippen LogP) is 5.00. The number of carbonyl (C=O) groups excluding carboxylic acids is 1. The molecule has 0 atom stereocenters. The van der Waals surface area contributed by atoms with E-state index in [0.717, 1.165) is 5.56 Å². The number of amides is 1. The minimum absolute atomic E-state index is 0.119. The first-order valence-corrected chi connectivity index (χ1v) is 14.8. The highest BCUT2D eigenvalue weighted by atomic mass is 32.3. The number of hydrogen-bond donors (Lipinski definition) is 1. The number of anilines is 2. The topological polar surface area (TPSA) is 114 Å². The SMILES string of the molecule is O=C(Cc1ccccc1)Nc1ccc(N(S(=O)(=O)c2ccccc2)S(=O)(=O)c2ccccc2)c2cccnc12. The second-order valence-corrected chi connectivity index (χ2v) is 12.4. The maximum absolute atomic E-state index is 13.9. The lowest BCUT2D eigenvalue weighted by Crippen LogP contribution is -2.37. The number of rotatable bonds is 8. The van der Waals surface area contributed by atoms with Gasteiger partial charge in [-0.1, -0.05) is 66.7 Å². The van der Waals surface area contributed by atoms with Gasteiger partial charge in [-0.25, -0.2) is 16.8 Å². The van der Waals surface area contributed by atoms with Crippen molar-refractivity contribution >= 4 is 48.2 Å². The predicted molar refractivity (Wildman–Crippen MR) is 150 cm³/mol. The fraction of sp³-hybridized carbons (Fsp3) is 0.0345. The van der Waals surface area contributed by atoms with Gasteiger partial charge in [-0.2, -0.15) is 3.71 Å². The van der Waals surface area contributed by atoms with Crippen molar-refractivity contribution in [3.8, 4) is 0 Å². The first kappa shape index (κ1) is 26.1. The number of pyridine rings is 1. The molecule has 0 unspecified atom stereocenters. The average molecular weight is 558 g/mol. The fourth-order valence-corrected chi connectivity index (χ4v) is 7.93. The van der Waals surface area contributed by atoms with Gasteiger partial charge >= 0.3 is 0 Å². The van der Waals surface area contributed by atoms with Crippen LogP contribution in [0.4, 0.5) is 11.4 Å². The Balaban J connectivity index is 1.66. The van der Waals surface area contributed by atoms with E-state index in [-0.39, 0.29) is 38.7 Å². The average Bonchev–Trinajstić information content (AvgIpc) is 2.95. The monoisotopic (exact) mass is 557 g/mol. The minimum Gasteiger partial charge on any atom is -0.324 e. The van der Waals surface area contributed by atoms with Gasteiger partial charge in [0.15, 0.2) is 0 Å². The van der Waals surface area contributed by atoms with Gasteiger partial charge < -0.3 is 5.32 Å². The molecule has 0 aliphatic rings. The highest BCUT2D eigenvalue weighted by Gasteiger charge is 2.38. The van der Waals surface area contributed by atoms with E-state index in [4.69, 9.17) is 0 Å². The molecule has 1 heterocycles. The van der Waals surface area contributed by atoms with Crippen LogP contribution in [0.15, 0.2) is 131 Å². The first-order chi connectivity index (χ1) is 18.8. The molecule has 0 aliphatic heterocycles. The quantitative estimate of drug-likeness (QED) is 0.287. The van der Waals surface area contributed by atoms with Gasteiger partial charge in [0.2, 0.25) is 5.91 Å². The van der Waals surface area contributed by atoms with Gasteiger partial charge in [-0.15, -0.1) is 0 Å². The molecule has 1 aromatic heterocycles. The highest BCUT2D eigenvalue weighted by Crippen LogP contribution is 2.37. The van der Waals surface area contributed by atoms with Crippen LogP contribution in [0.1, 0.15) is 5.56 Å². The molecule has 1 N–H and O–H groups in total. The molecule has 0 spiro atoms. The molecule has 0 bridgehead atoms. The van der Waals surface area contributed by atoms with Crippen molar-refractivity contribution in [1.82, 2.24) is 4.98 Å². The van der Waals surface area contributed by atoms with Gasteiger partial charge in [0.05, 0.1) is 33.1 Å². The zero-order valence-electron chi connectivity index (χ0n) is 20.5. The largest absolute Gasteiger partial charge is 0.324 e. The van der Waals surface area contributed by atoms with Crippen LogP contribution in [0.25, 0.3) is 10.9 Å². The van der Waals surface area contributed by atoms with E-state index in [0.29, 0.717) is 9.40 Å². The summed E-state index contributed by atoms with van der Waals surface area (Å²) in [5.74, 6) is -0.299. The van der Waals surface area contributed by atoms with Crippen LogP contribution >= 0.6 is 0 Å². The number of carbonyl (C=O) groups is 1. The third-order valence-corrected chi connectivity index (χ3v) is 10.1. The number of sulfonamides is 2. The Kier molecular flexibility index (Phi) is 7.14. The van der Waals surface area contributed by atoms with Crippen LogP contribution in [0.3, 0.4) is 0 Å². The molecule has 0 saturated carbocycles. The molecule has 196 valence electrons. The molecule has 39 heavy (non-hydrogen) atoms. The summed E-state index contributed by atoms with van der Waals surface area (Å²) in [6, 6.07) is 29.9. The number of benzene rings is 4. The molecule has 5 aromatic rings. The fourth-order valence-electron chi connectivity index (χ4n) is 4.16. The summed E-state index contributed by atoms with van der Waals surface area (Å²) < 4.78 is 56.1. The standard InChI is InChI=1S/C29H23N3O5S2/c33-28(21-22-11-4-1-5-12-22)31-26-18-19-27(25-17-10-20-30-29(25)26)32(38(34,35)23-13-6-2-7-14-23)39(36,37)24-15-8-3-9-16-24/h1-20H,21H2,(H,31,33). The summed E-state index contributed by atoms with van der Waals surface area (Å²) in [6.07, 6.45) is 1.61. The Labute approximate surface area is 226 Å². The molecule has 0 radical (unpaired) electrons. The van der Waals surface area contributed by atoms with Gasteiger partial charge in [0.25, 0.3) is 20.0 Å². The lowest BCUT2D eigenvalue weighted by Gasteiger charge is -2.25. The van der Waals surface area contributed by atoms with Gasteiger partial charge in [0.1, 0.15) is 0 Å². The maximum atomic E-state index is 13.9. The van der Waals surface area contributed by atoms with Crippen molar-refractivity contribution in [2.24, 2.45) is 0 Å². The summed E-state index contributed by atoms with van der Waals surface area (Å²) in [6.45, 7) is 0. The molecule has 1 amide bonds. The van der Waals surface area contributed by atoms with Gasteiger partial charge in [-0.3, -0.25) is 9.78 Å². The summed E-state index contributed by atoms with van der Waals surface area (Å²) in [7, 11) is -9.20. The Morgan fingerprint density at radius 1 is 0.667 bits per heavy atom. The van der Waals surface area contributed by atoms with E-state index in [2.05, 4.69) is 10.3 Å². The first-order valence-electron chi connectivity index (χ1n) is 11.9. The van der Waals surface area contributed by atoms with E-state index in [1.807, 2.05) is 30.3 Å². The van der Waals surface area contributed by atoms with E-state index in [1.165, 1.54) is 66.9 Å². The second-order valence-electron chi connectivity index (χ2n) is 8.58. The van der Waals surface area contributed by atoms with Crippen LogP contribution in [0.2, 0.25) is 0 Å². The molecule has 0 aliphatic carbocycles. The second kappa shape index (κ2) is 10.7. The highest BCUT2D eigenvalue weighted by molar-refractivity contribution is 8.10. The Hall–Kier alpha value is -4.54. The van der Waals surface area contributed by atoms with Crippen LogP contribution in [0, 0.1) is 0 Å². The molecular formula is C29H23N3O5S2. The van der Waals surface area contributed by atoms with Crippen molar-refractivity contribution in [2.45, 2.75) is 16.2 Å². The van der Waals surface area contributed by atoms with Crippen LogP contribution in [-0.2, 0) is 31.3 Å². The van der Waals surface area contributed by atoms with Gasteiger partial charge in [0, 0.05) is 11.6 Å². The van der Waals surface area contributed by atoms with Crippen LogP contribution in [0.5, 0.6) is 0 Å². The van der Waals surface area contributed by atoms with Crippen molar-refractivity contribution in [1.29, 1.82) is 0 Å². The van der Waals surface area contributed by atoms with Crippen molar-refractivity contribution in [3.05, 3.63) is 127 Å². The number of fused-ring (bicyclic) bond motifs is 1. The molecule has 10 heteroatoms. The van der Waals surface area contributed by atoms with Crippen molar-refractivity contribution in [3.63, 3.8) is 0 Å². The number of hydrogen-bond acceptors (Lipinski definition) is 6. The third kappa shape index (κ3) is 5.25.